The standard InChI is InChI=1S/C10H17N3O2S/c1-7(2)13(4-5-15-3)9(14)8-6-16-10(11)12-8/h6-7H,4-5H2,1-3H3,(H2,11,12). The Labute approximate surface area is 99.2 Å². The molecule has 1 aromatic rings. The lowest BCUT2D eigenvalue weighted by Gasteiger charge is -2.25. The molecular formula is C10H17N3O2S. The number of amides is 1. The predicted octanol–water partition coefficient (Wildman–Crippen LogP) is 1.22. The van der Waals surface area contributed by atoms with Crippen molar-refractivity contribution in [3.8, 4) is 0 Å². The minimum absolute atomic E-state index is 0.0972. The molecule has 0 spiro atoms. The van der Waals surface area contributed by atoms with Gasteiger partial charge in [-0.15, -0.1) is 11.3 Å². The Hall–Kier alpha value is -1.14. The van der Waals surface area contributed by atoms with Crippen molar-refractivity contribution < 1.29 is 9.53 Å². The molecule has 0 radical (unpaired) electrons. The number of hydrogen-bond acceptors (Lipinski definition) is 5. The third-order valence-electron chi connectivity index (χ3n) is 2.16. The van der Waals surface area contributed by atoms with E-state index in [9.17, 15) is 4.79 Å². The largest absolute Gasteiger partial charge is 0.383 e. The smallest absolute Gasteiger partial charge is 0.273 e. The van der Waals surface area contributed by atoms with Crippen LogP contribution in [0.1, 0.15) is 24.3 Å². The number of hydrogen-bond donors (Lipinski definition) is 1. The highest BCUT2D eigenvalue weighted by Gasteiger charge is 2.20. The van der Waals surface area contributed by atoms with Gasteiger partial charge in [-0.25, -0.2) is 4.98 Å². The number of carbonyl (C=O) groups is 1. The summed E-state index contributed by atoms with van der Waals surface area (Å²) in [5.74, 6) is -0.0972. The summed E-state index contributed by atoms with van der Waals surface area (Å²) in [5.41, 5.74) is 5.91. The molecule has 0 bridgehead atoms. The third kappa shape index (κ3) is 3.18. The molecule has 2 N–H and O–H groups in total. The maximum absolute atomic E-state index is 12.1. The number of methoxy groups -OCH3 is 1. The molecule has 0 aliphatic heterocycles. The first-order valence-electron chi connectivity index (χ1n) is 5.07. The van der Waals surface area contributed by atoms with E-state index in [1.807, 2.05) is 13.8 Å². The summed E-state index contributed by atoms with van der Waals surface area (Å²) in [4.78, 5) is 17.8. The minimum Gasteiger partial charge on any atom is -0.383 e. The number of anilines is 1. The van der Waals surface area contributed by atoms with Gasteiger partial charge in [0.15, 0.2) is 5.13 Å². The second-order valence-corrected chi connectivity index (χ2v) is 4.55. The lowest BCUT2D eigenvalue weighted by Crippen LogP contribution is -2.39. The van der Waals surface area contributed by atoms with Gasteiger partial charge in [0.1, 0.15) is 5.69 Å². The summed E-state index contributed by atoms with van der Waals surface area (Å²) in [5, 5.41) is 2.10. The number of rotatable bonds is 5. The Morgan fingerprint density at radius 3 is 2.81 bits per heavy atom. The number of thiazole rings is 1. The van der Waals surface area contributed by atoms with Crippen molar-refractivity contribution in [1.82, 2.24) is 9.88 Å². The molecule has 1 heterocycles. The first-order chi connectivity index (χ1) is 7.56. The zero-order valence-corrected chi connectivity index (χ0v) is 10.6. The zero-order chi connectivity index (χ0) is 12.1. The maximum atomic E-state index is 12.1. The molecule has 1 rings (SSSR count). The van der Waals surface area contributed by atoms with Gasteiger partial charge in [0.05, 0.1) is 6.61 Å². The lowest BCUT2D eigenvalue weighted by molar-refractivity contribution is 0.0630. The van der Waals surface area contributed by atoms with Crippen molar-refractivity contribution in [1.29, 1.82) is 0 Å². The Morgan fingerprint density at radius 2 is 2.38 bits per heavy atom. The molecule has 1 amide bonds. The third-order valence-corrected chi connectivity index (χ3v) is 2.84. The van der Waals surface area contributed by atoms with Crippen LogP contribution in [0.3, 0.4) is 0 Å². The van der Waals surface area contributed by atoms with Gasteiger partial charge in [0.25, 0.3) is 5.91 Å². The average Bonchev–Trinajstić information content (AvgIpc) is 2.64. The van der Waals surface area contributed by atoms with Crippen LogP contribution in [0.4, 0.5) is 5.13 Å². The van der Waals surface area contributed by atoms with Crippen LogP contribution in [0, 0.1) is 0 Å². The van der Waals surface area contributed by atoms with Crippen LogP contribution < -0.4 is 5.73 Å². The summed E-state index contributed by atoms with van der Waals surface area (Å²) in [6, 6.07) is 0.116. The Kier molecular flexibility index (Phi) is 4.70. The monoisotopic (exact) mass is 243 g/mol. The molecule has 0 aromatic carbocycles. The van der Waals surface area contributed by atoms with Gasteiger partial charge in [-0.1, -0.05) is 0 Å². The van der Waals surface area contributed by atoms with Crippen LogP contribution in [0.25, 0.3) is 0 Å². The van der Waals surface area contributed by atoms with E-state index < -0.39 is 0 Å². The lowest BCUT2D eigenvalue weighted by atomic mass is 10.3. The molecule has 1 aromatic heterocycles. The molecule has 0 fully saturated rings. The first kappa shape index (κ1) is 12.9. The van der Waals surface area contributed by atoms with Crippen LogP contribution in [0.5, 0.6) is 0 Å². The molecular weight excluding hydrogens is 226 g/mol. The van der Waals surface area contributed by atoms with Crippen molar-refractivity contribution in [3.05, 3.63) is 11.1 Å². The summed E-state index contributed by atoms with van der Waals surface area (Å²) < 4.78 is 4.98. The van der Waals surface area contributed by atoms with Crippen LogP contribution in [0.15, 0.2) is 5.38 Å². The van der Waals surface area contributed by atoms with Crippen molar-refractivity contribution in [2.24, 2.45) is 0 Å². The van der Waals surface area contributed by atoms with E-state index in [-0.39, 0.29) is 11.9 Å². The van der Waals surface area contributed by atoms with Crippen molar-refractivity contribution in [2.45, 2.75) is 19.9 Å². The van der Waals surface area contributed by atoms with Gasteiger partial charge in [0, 0.05) is 25.1 Å². The van der Waals surface area contributed by atoms with E-state index in [1.165, 1.54) is 11.3 Å². The number of aromatic nitrogens is 1. The quantitative estimate of drug-likeness (QED) is 0.844. The van der Waals surface area contributed by atoms with Crippen LogP contribution in [0.2, 0.25) is 0 Å². The highest BCUT2D eigenvalue weighted by molar-refractivity contribution is 7.13. The van der Waals surface area contributed by atoms with Crippen molar-refractivity contribution in [3.63, 3.8) is 0 Å². The summed E-state index contributed by atoms with van der Waals surface area (Å²) >= 11 is 1.27. The Balaban J connectivity index is 2.74. The molecule has 0 saturated heterocycles. The molecule has 6 heteroatoms. The minimum atomic E-state index is -0.0972. The highest BCUT2D eigenvalue weighted by atomic mass is 32.1. The second kappa shape index (κ2) is 5.81. The van der Waals surface area contributed by atoms with Gasteiger partial charge in [-0.05, 0) is 13.8 Å². The fraction of sp³-hybridized carbons (Fsp3) is 0.600. The van der Waals surface area contributed by atoms with E-state index in [2.05, 4.69) is 4.98 Å². The van der Waals surface area contributed by atoms with E-state index in [0.717, 1.165) is 0 Å². The highest BCUT2D eigenvalue weighted by Crippen LogP contribution is 2.14. The number of nitrogens with zero attached hydrogens (tertiary/aromatic N) is 2. The van der Waals surface area contributed by atoms with Crippen molar-refractivity contribution >= 4 is 22.4 Å². The second-order valence-electron chi connectivity index (χ2n) is 3.66. The molecule has 0 saturated carbocycles. The molecule has 0 unspecified atom stereocenters. The van der Waals surface area contributed by atoms with Gasteiger partial charge in [-0.2, -0.15) is 0 Å². The number of nitrogen functional groups attached to an aromatic ring is 1. The summed E-state index contributed by atoms with van der Waals surface area (Å²) in [7, 11) is 1.61. The first-order valence-corrected chi connectivity index (χ1v) is 5.95. The van der Waals surface area contributed by atoms with E-state index in [4.69, 9.17) is 10.5 Å². The number of carbonyl (C=O) groups excluding carboxylic acids is 1. The summed E-state index contributed by atoms with van der Waals surface area (Å²) in [6.07, 6.45) is 0. The Morgan fingerprint density at radius 1 is 1.69 bits per heavy atom. The number of nitrogens with two attached hydrogens (primary N) is 1. The topological polar surface area (TPSA) is 68.5 Å². The molecule has 0 aliphatic carbocycles. The summed E-state index contributed by atoms with van der Waals surface area (Å²) in [6.45, 7) is 5.00. The normalized spacial score (nSPS) is 10.8. The van der Waals surface area contributed by atoms with Gasteiger partial charge in [-0.3, -0.25) is 4.79 Å². The maximum Gasteiger partial charge on any atom is 0.273 e. The molecule has 16 heavy (non-hydrogen) atoms. The molecule has 0 atom stereocenters. The number of ether oxygens (including phenoxy) is 1. The molecule has 5 nitrogen and oxygen atoms in total. The van der Waals surface area contributed by atoms with Gasteiger partial charge < -0.3 is 15.4 Å². The van der Waals surface area contributed by atoms with Crippen molar-refractivity contribution in [2.75, 3.05) is 26.0 Å². The van der Waals surface area contributed by atoms with Gasteiger partial charge in [0.2, 0.25) is 0 Å². The van der Waals surface area contributed by atoms with E-state index in [1.54, 1.807) is 17.4 Å². The SMILES string of the molecule is COCCN(C(=O)c1csc(N)n1)C(C)C. The predicted molar refractivity (Wildman–Crippen MR) is 64.6 cm³/mol. The molecule has 0 aliphatic rings. The fourth-order valence-corrected chi connectivity index (χ4v) is 1.85. The van der Waals surface area contributed by atoms with Crippen LogP contribution in [-0.2, 0) is 4.74 Å². The zero-order valence-electron chi connectivity index (χ0n) is 9.77. The Bertz CT molecular complexity index is 352. The van der Waals surface area contributed by atoms with Gasteiger partial charge >= 0.3 is 0 Å². The fourth-order valence-electron chi connectivity index (χ4n) is 1.32. The van der Waals surface area contributed by atoms with Crippen LogP contribution in [-0.4, -0.2) is 42.1 Å². The molecule has 90 valence electrons. The van der Waals surface area contributed by atoms with E-state index in [0.29, 0.717) is 24.0 Å². The van der Waals surface area contributed by atoms with E-state index >= 15 is 0 Å². The van der Waals surface area contributed by atoms with Crippen LogP contribution >= 0.6 is 11.3 Å². The average molecular weight is 243 g/mol.